The summed E-state index contributed by atoms with van der Waals surface area (Å²) in [7, 11) is 1.76. The Balaban J connectivity index is 0.00000225. The number of pyridine rings is 1. The second-order valence-corrected chi connectivity index (χ2v) is 7.17. The summed E-state index contributed by atoms with van der Waals surface area (Å²) in [6, 6.07) is 5.71. The summed E-state index contributed by atoms with van der Waals surface area (Å²) in [6.07, 6.45) is 1.99. The Labute approximate surface area is 168 Å². The van der Waals surface area contributed by atoms with Gasteiger partial charge in [0.25, 0.3) is 5.56 Å². The number of fused-ring (bicyclic) bond motifs is 2. The van der Waals surface area contributed by atoms with E-state index >= 15 is 0 Å². The van der Waals surface area contributed by atoms with E-state index in [4.69, 9.17) is 5.73 Å². The summed E-state index contributed by atoms with van der Waals surface area (Å²) in [6.45, 7) is 4.45. The second-order valence-electron chi connectivity index (χ2n) is 7.17. The number of nitrogens with two attached hydrogens (primary N) is 1. The van der Waals surface area contributed by atoms with Crippen LogP contribution in [0.2, 0.25) is 0 Å². The molecular formula is C20H24ClN5O2. The molecule has 3 aromatic rings. The zero-order chi connectivity index (χ0) is 19.3. The van der Waals surface area contributed by atoms with Gasteiger partial charge >= 0.3 is 0 Å². The van der Waals surface area contributed by atoms with E-state index in [9.17, 15) is 9.59 Å². The third-order valence-corrected chi connectivity index (χ3v) is 5.49. The van der Waals surface area contributed by atoms with Crippen LogP contribution in [0.15, 0.2) is 23.0 Å². The van der Waals surface area contributed by atoms with Crippen LogP contribution in [0.4, 0.5) is 11.4 Å². The molecule has 1 aliphatic rings. The van der Waals surface area contributed by atoms with Gasteiger partial charge in [0.1, 0.15) is 0 Å². The van der Waals surface area contributed by atoms with Gasteiger partial charge in [-0.3, -0.25) is 19.4 Å². The van der Waals surface area contributed by atoms with Crippen LogP contribution in [-0.4, -0.2) is 27.2 Å². The Hall–Kier alpha value is -2.80. The van der Waals surface area contributed by atoms with Crippen molar-refractivity contribution < 1.29 is 4.79 Å². The monoisotopic (exact) mass is 401 g/mol. The molecule has 7 nitrogen and oxygen atoms in total. The van der Waals surface area contributed by atoms with Crippen molar-refractivity contribution in [1.82, 2.24) is 14.8 Å². The fraction of sp³-hybridized carbons (Fsp3) is 0.350. The number of benzene rings is 1. The second kappa shape index (κ2) is 7.31. The highest BCUT2D eigenvalue weighted by atomic mass is 35.5. The molecular weight excluding hydrogens is 378 g/mol. The minimum absolute atomic E-state index is 0. The maximum absolute atomic E-state index is 13.1. The number of halogens is 1. The zero-order valence-electron chi connectivity index (χ0n) is 16.2. The first-order valence-corrected chi connectivity index (χ1v) is 9.11. The summed E-state index contributed by atoms with van der Waals surface area (Å²) in [5.74, 6) is 0.00117. The van der Waals surface area contributed by atoms with Gasteiger partial charge in [-0.2, -0.15) is 0 Å². The molecule has 0 saturated heterocycles. The Morgan fingerprint density at radius 2 is 2.07 bits per heavy atom. The van der Waals surface area contributed by atoms with Crippen molar-refractivity contribution in [1.29, 1.82) is 0 Å². The lowest BCUT2D eigenvalue weighted by molar-refractivity contribution is -0.118. The van der Waals surface area contributed by atoms with Gasteiger partial charge in [0.05, 0.1) is 11.8 Å². The van der Waals surface area contributed by atoms with Crippen LogP contribution in [0.1, 0.15) is 28.8 Å². The summed E-state index contributed by atoms with van der Waals surface area (Å²) in [5.41, 5.74) is 11.6. The van der Waals surface area contributed by atoms with Crippen molar-refractivity contribution in [2.24, 2.45) is 7.05 Å². The number of hydrogen-bond donors (Lipinski definition) is 2. The van der Waals surface area contributed by atoms with E-state index in [0.29, 0.717) is 17.6 Å². The smallest absolute Gasteiger partial charge is 0.273 e. The number of nitrogens with zero attached hydrogens (tertiary/aromatic N) is 3. The fourth-order valence-electron chi connectivity index (χ4n) is 4.07. The van der Waals surface area contributed by atoms with Crippen molar-refractivity contribution in [2.75, 3.05) is 17.2 Å². The summed E-state index contributed by atoms with van der Waals surface area (Å²) < 4.78 is 1.62. The van der Waals surface area contributed by atoms with Crippen molar-refractivity contribution in [3.05, 3.63) is 50.9 Å². The number of H-pyrrole nitrogens is 1. The van der Waals surface area contributed by atoms with Gasteiger partial charge in [0, 0.05) is 30.7 Å². The molecule has 0 fully saturated rings. The Morgan fingerprint density at radius 3 is 2.82 bits per heavy atom. The van der Waals surface area contributed by atoms with Gasteiger partial charge in [0.2, 0.25) is 5.91 Å². The third-order valence-electron chi connectivity index (χ3n) is 5.49. The lowest BCUT2D eigenvalue weighted by Crippen LogP contribution is -2.37. The van der Waals surface area contributed by atoms with Gasteiger partial charge in [-0.15, -0.1) is 12.4 Å². The van der Waals surface area contributed by atoms with E-state index in [1.165, 1.54) is 0 Å². The SMILES string of the molecule is Cc1nc2c(c(C)c1CC(=O)N1CCCc3c(N)cccc31)c(=O)[nH]n2C.Cl. The molecule has 1 aliphatic heterocycles. The first kappa shape index (κ1) is 19.9. The van der Waals surface area contributed by atoms with E-state index in [-0.39, 0.29) is 30.3 Å². The lowest BCUT2D eigenvalue weighted by atomic mass is 9.97. The molecule has 0 unspecified atom stereocenters. The number of aromatic nitrogens is 3. The molecule has 1 aromatic carbocycles. The maximum atomic E-state index is 13.1. The number of carbonyl (C=O) groups is 1. The van der Waals surface area contributed by atoms with E-state index in [2.05, 4.69) is 10.1 Å². The van der Waals surface area contributed by atoms with Crippen molar-refractivity contribution in [2.45, 2.75) is 33.1 Å². The molecule has 148 valence electrons. The Morgan fingerprint density at radius 1 is 1.32 bits per heavy atom. The number of aromatic amines is 1. The number of nitrogen functional groups attached to an aromatic ring is 1. The van der Waals surface area contributed by atoms with Crippen molar-refractivity contribution >= 4 is 40.7 Å². The Kier molecular flexibility index (Phi) is 5.21. The number of amides is 1. The van der Waals surface area contributed by atoms with Gasteiger partial charge in [-0.25, -0.2) is 4.98 Å². The molecule has 8 heteroatoms. The summed E-state index contributed by atoms with van der Waals surface area (Å²) >= 11 is 0. The number of anilines is 2. The highest BCUT2D eigenvalue weighted by Gasteiger charge is 2.25. The molecule has 0 spiro atoms. The van der Waals surface area contributed by atoms with E-state index in [0.717, 1.165) is 46.6 Å². The van der Waals surface area contributed by atoms with Crippen LogP contribution in [0, 0.1) is 13.8 Å². The third kappa shape index (κ3) is 3.05. The van der Waals surface area contributed by atoms with Gasteiger partial charge < -0.3 is 10.6 Å². The number of nitrogens with one attached hydrogen (secondary N) is 1. The first-order valence-electron chi connectivity index (χ1n) is 9.11. The standard InChI is InChI=1S/C20H23N5O2.ClH/c1-11-14(12(2)22-19-18(11)20(27)23-24(19)3)10-17(26)25-9-5-6-13-15(21)7-4-8-16(13)25;/h4,7-8H,5-6,9-10,21H2,1-3H3,(H,23,27);1H. The molecule has 0 radical (unpaired) electrons. The molecule has 3 heterocycles. The minimum atomic E-state index is -0.178. The maximum Gasteiger partial charge on any atom is 0.273 e. The van der Waals surface area contributed by atoms with Crippen LogP contribution >= 0.6 is 12.4 Å². The van der Waals surface area contributed by atoms with E-state index in [1.807, 2.05) is 36.9 Å². The molecule has 0 atom stereocenters. The number of carbonyl (C=O) groups excluding carboxylic acids is 1. The number of rotatable bonds is 2. The largest absolute Gasteiger partial charge is 0.398 e. The van der Waals surface area contributed by atoms with Gasteiger partial charge in [-0.1, -0.05) is 6.07 Å². The molecule has 0 bridgehead atoms. The van der Waals surface area contributed by atoms with Gasteiger partial charge in [0.15, 0.2) is 5.65 Å². The fourth-order valence-corrected chi connectivity index (χ4v) is 4.07. The van der Waals surface area contributed by atoms with Crippen molar-refractivity contribution in [3.63, 3.8) is 0 Å². The highest BCUT2D eigenvalue weighted by Crippen LogP contribution is 2.32. The van der Waals surface area contributed by atoms with Crippen LogP contribution in [-0.2, 0) is 24.7 Å². The van der Waals surface area contributed by atoms with E-state index < -0.39 is 0 Å². The highest BCUT2D eigenvalue weighted by molar-refractivity contribution is 5.97. The predicted molar refractivity (Wildman–Crippen MR) is 113 cm³/mol. The zero-order valence-corrected chi connectivity index (χ0v) is 17.0. The molecule has 0 saturated carbocycles. The normalized spacial score (nSPS) is 13.3. The van der Waals surface area contributed by atoms with Crippen LogP contribution in [0.5, 0.6) is 0 Å². The summed E-state index contributed by atoms with van der Waals surface area (Å²) in [5, 5.41) is 3.29. The topological polar surface area (TPSA) is 97.0 Å². The molecule has 3 N–H and O–H groups in total. The van der Waals surface area contributed by atoms with Crippen molar-refractivity contribution in [3.8, 4) is 0 Å². The van der Waals surface area contributed by atoms with Crippen LogP contribution in [0.25, 0.3) is 11.0 Å². The van der Waals surface area contributed by atoms with Gasteiger partial charge in [-0.05, 0) is 55.5 Å². The summed E-state index contributed by atoms with van der Waals surface area (Å²) in [4.78, 5) is 31.8. The Bertz CT molecular complexity index is 1130. The minimum Gasteiger partial charge on any atom is -0.398 e. The molecule has 2 aromatic heterocycles. The van der Waals surface area contributed by atoms with Crippen LogP contribution in [0.3, 0.4) is 0 Å². The first-order chi connectivity index (χ1) is 12.9. The lowest BCUT2D eigenvalue weighted by Gasteiger charge is -2.30. The number of aryl methyl sites for hydroxylation is 3. The van der Waals surface area contributed by atoms with E-state index in [1.54, 1.807) is 11.7 Å². The molecule has 1 amide bonds. The number of hydrogen-bond acceptors (Lipinski definition) is 4. The predicted octanol–water partition coefficient (Wildman–Crippen LogP) is 2.40. The average Bonchev–Trinajstić information content (AvgIpc) is 2.92. The molecule has 0 aliphatic carbocycles. The molecule has 28 heavy (non-hydrogen) atoms. The van der Waals surface area contributed by atoms with Crippen LogP contribution < -0.4 is 16.2 Å². The average molecular weight is 402 g/mol. The quantitative estimate of drug-likeness (QED) is 0.644. The molecule has 4 rings (SSSR count).